The number of fused-ring (bicyclic) bond motifs is 1. The maximum Gasteiger partial charge on any atom is 0.341 e. The minimum atomic E-state index is -0.319. The molecule has 28 heavy (non-hydrogen) atoms. The Bertz CT molecular complexity index is 708. The molecule has 0 bridgehead atoms. The summed E-state index contributed by atoms with van der Waals surface area (Å²) in [5.74, 6) is 0.377. The van der Waals surface area contributed by atoms with Crippen LogP contribution in [0.3, 0.4) is 0 Å². The molecule has 0 saturated carbocycles. The average molecular weight is 408 g/mol. The van der Waals surface area contributed by atoms with Gasteiger partial charge in [0.25, 0.3) is 0 Å². The first-order chi connectivity index (χ1) is 13.4. The first kappa shape index (κ1) is 21.3. The van der Waals surface area contributed by atoms with Crippen LogP contribution in [0.25, 0.3) is 0 Å². The fourth-order valence-electron chi connectivity index (χ4n) is 3.96. The fourth-order valence-corrected chi connectivity index (χ4v) is 5.24. The summed E-state index contributed by atoms with van der Waals surface area (Å²) in [5, 5.41) is 3.69. The molecule has 2 aliphatic rings. The van der Waals surface area contributed by atoms with Crippen LogP contribution in [-0.4, -0.2) is 60.5 Å². The molecule has 1 saturated heterocycles. The molecule has 1 fully saturated rings. The molecular formula is C21H33N3O3S. The largest absolute Gasteiger partial charge is 0.462 e. The molecule has 0 radical (unpaired) electrons. The maximum atomic E-state index is 12.7. The van der Waals surface area contributed by atoms with Gasteiger partial charge in [-0.1, -0.05) is 6.92 Å². The summed E-state index contributed by atoms with van der Waals surface area (Å²) in [5.41, 5.74) is 1.63. The van der Waals surface area contributed by atoms with E-state index in [9.17, 15) is 9.59 Å². The number of rotatable bonds is 6. The van der Waals surface area contributed by atoms with E-state index in [4.69, 9.17) is 4.74 Å². The first-order valence-electron chi connectivity index (χ1n) is 10.5. The number of thiophene rings is 1. The molecule has 1 N–H and O–H groups in total. The average Bonchev–Trinajstić information content (AvgIpc) is 3.00. The summed E-state index contributed by atoms with van der Waals surface area (Å²) in [4.78, 5) is 31.1. The number of nitrogens with zero attached hydrogens (tertiary/aromatic N) is 2. The predicted molar refractivity (Wildman–Crippen MR) is 113 cm³/mol. The zero-order valence-corrected chi connectivity index (χ0v) is 18.4. The van der Waals surface area contributed by atoms with Crippen molar-refractivity contribution in [2.75, 3.05) is 38.1 Å². The number of ether oxygens (including phenoxy) is 1. The van der Waals surface area contributed by atoms with Gasteiger partial charge in [0.15, 0.2) is 0 Å². The molecule has 0 aliphatic carbocycles. The van der Waals surface area contributed by atoms with Crippen LogP contribution in [0.4, 0.5) is 5.00 Å². The van der Waals surface area contributed by atoms with Crippen LogP contribution in [-0.2, 0) is 22.5 Å². The molecule has 156 valence electrons. The number of hydrogen-bond donors (Lipinski definition) is 1. The Morgan fingerprint density at radius 3 is 2.61 bits per heavy atom. The normalized spacial score (nSPS) is 18.9. The summed E-state index contributed by atoms with van der Waals surface area (Å²) >= 11 is 1.54. The summed E-state index contributed by atoms with van der Waals surface area (Å²) in [6.07, 6.45) is 3.09. The fraction of sp³-hybridized carbons (Fsp3) is 0.714. The van der Waals surface area contributed by atoms with E-state index in [1.807, 2.05) is 6.92 Å². The number of nitrogens with one attached hydrogen (secondary N) is 1. The van der Waals surface area contributed by atoms with E-state index in [0.717, 1.165) is 56.9 Å². The van der Waals surface area contributed by atoms with Crippen LogP contribution in [0.5, 0.6) is 0 Å². The van der Waals surface area contributed by atoms with Gasteiger partial charge in [0.1, 0.15) is 5.00 Å². The molecule has 0 spiro atoms. The van der Waals surface area contributed by atoms with E-state index < -0.39 is 0 Å². The number of piperidine rings is 1. The van der Waals surface area contributed by atoms with Gasteiger partial charge in [-0.25, -0.2) is 4.79 Å². The van der Waals surface area contributed by atoms with Crippen LogP contribution < -0.4 is 5.32 Å². The van der Waals surface area contributed by atoms with Crippen molar-refractivity contribution in [1.29, 1.82) is 0 Å². The molecule has 1 amide bonds. The maximum absolute atomic E-state index is 12.7. The van der Waals surface area contributed by atoms with Gasteiger partial charge in [-0.3, -0.25) is 14.6 Å². The summed E-state index contributed by atoms with van der Waals surface area (Å²) in [6.45, 7) is 12.8. The van der Waals surface area contributed by atoms with Crippen LogP contribution in [0, 0.1) is 5.92 Å². The number of carbonyl (C=O) groups excluding carboxylic acids is 2. The predicted octanol–water partition coefficient (Wildman–Crippen LogP) is 3.36. The number of likely N-dealkylation sites (tertiary alicyclic amines) is 1. The minimum Gasteiger partial charge on any atom is -0.462 e. The second-order valence-electron chi connectivity index (χ2n) is 8.25. The second-order valence-corrected chi connectivity index (χ2v) is 9.35. The van der Waals surface area contributed by atoms with Crippen molar-refractivity contribution in [1.82, 2.24) is 9.80 Å². The molecule has 3 heterocycles. The SMILES string of the molecule is CCOC(=O)c1c(NC(=O)CN2CCC(C)CC2)sc2c1CCN(C(C)C)C2. The van der Waals surface area contributed by atoms with Crippen LogP contribution in [0.1, 0.15) is 61.3 Å². The molecule has 2 aliphatic heterocycles. The van der Waals surface area contributed by atoms with E-state index in [-0.39, 0.29) is 11.9 Å². The van der Waals surface area contributed by atoms with Crippen molar-refractivity contribution in [2.24, 2.45) is 5.92 Å². The smallest absolute Gasteiger partial charge is 0.341 e. The van der Waals surface area contributed by atoms with Crippen molar-refractivity contribution >= 4 is 28.2 Å². The van der Waals surface area contributed by atoms with E-state index in [1.165, 1.54) is 16.2 Å². The van der Waals surface area contributed by atoms with E-state index >= 15 is 0 Å². The van der Waals surface area contributed by atoms with Gasteiger partial charge in [-0.15, -0.1) is 11.3 Å². The van der Waals surface area contributed by atoms with Gasteiger partial charge < -0.3 is 10.1 Å². The van der Waals surface area contributed by atoms with Crippen molar-refractivity contribution in [3.63, 3.8) is 0 Å². The number of amides is 1. The number of anilines is 1. The zero-order valence-electron chi connectivity index (χ0n) is 17.5. The molecule has 0 unspecified atom stereocenters. The number of hydrogen-bond acceptors (Lipinski definition) is 6. The van der Waals surface area contributed by atoms with Gasteiger partial charge in [0, 0.05) is 24.0 Å². The van der Waals surface area contributed by atoms with Crippen LogP contribution >= 0.6 is 11.3 Å². The lowest BCUT2D eigenvalue weighted by Crippen LogP contribution is -2.38. The van der Waals surface area contributed by atoms with E-state index in [0.29, 0.717) is 29.8 Å². The monoisotopic (exact) mass is 407 g/mol. The van der Waals surface area contributed by atoms with Crippen LogP contribution in [0.2, 0.25) is 0 Å². The highest BCUT2D eigenvalue weighted by molar-refractivity contribution is 7.17. The molecular weight excluding hydrogens is 374 g/mol. The lowest BCUT2D eigenvalue weighted by atomic mass is 9.99. The minimum absolute atomic E-state index is 0.0422. The van der Waals surface area contributed by atoms with Gasteiger partial charge >= 0.3 is 5.97 Å². The number of esters is 1. The van der Waals surface area contributed by atoms with Crippen molar-refractivity contribution in [3.05, 3.63) is 16.0 Å². The van der Waals surface area contributed by atoms with Gasteiger partial charge in [0.2, 0.25) is 5.91 Å². The Labute approximate surface area is 172 Å². The summed E-state index contributed by atoms with van der Waals surface area (Å²) < 4.78 is 5.30. The van der Waals surface area contributed by atoms with E-state index in [1.54, 1.807) is 0 Å². The van der Waals surface area contributed by atoms with Crippen molar-refractivity contribution < 1.29 is 14.3 Å². The highest BCUT2D eigenvalue weighted by Crippen LogP contribution is 2.38. The Balaban J connectivity index is 1.75. The Hall–Kier alpha value is -1.44. The quantitative estimate of drug-likeness (QED) is 0.733. The molecule has 0 aromatic carbocycles. The standard InChI is InChI=1S/C21H33N3O3S/c1-5-27-21(26)19-16-8-11-24(14(2)3)12-17(16)28-20(19)22-18(25)13-23-9-6-15(4)7-10-23/h14-15H,5-13H2,1-4H3,(H,22,25). The molecule has 3 rings (SSSR count). The molecule has 6 nitrogen and oxygen atoms in total. The third-order valence-electron chi connectivity index (χ3n) is 5.79. The zero-order chi connectivity index (χ0) is 20.3. The Kier molecular flexibility index (Phi) is 7.12. The summed E-state index contributed by atoms with van der Waals surface area (Å²) in [7, 11) is 0. The lowest BCUT2D eigenvalue weighted by molar-refractivity contribution is -0.117. The number of carbonyl (C=O) groups is 2. The third-order valence-corrected chi connectivity index (χ3v) is 6.92. The van der Waals surface area contributed by atoms with E-state index in [2.05, 4.69) is 35.9 Å². The lowest BCUT2D eigenvalue weighted by Gasteiger charge is -2.30. The van der Waals surface area contributed by atoms with Gasteiger partial charge in [-0.2, -0.15) is 0 Å². The Morgan fingerprint density at radius 1 is 1.25 bits per heavy atom. The first-order valence-corrected chi connectivity index (χ1v) is 11.3. The molecule has 0 atom stereocenters. The molecule has 1 aromatic rings. The van der Waals surface area contributed by atoms with Crippen molar-refractivity contribution in [2.45, 2.75) is 59.5 Å². The molecule has 7 heteroatoms. The Morgan fingerprint density at radius 2 is 1.96 bits per heavy atom. The summed E-state index contributed by atoms with van der Waals surface area (Å²) in [6, 6.07) is 0.459. The van der Waals surface area contributed by atoms with Gasteiger partial charge in [0.05, 0.1) is 18.7 Å². The third kappa shape index (κ3) is 4.93. The van der Waals surface area contributed by atoms with Crippen molar-refractivity contribution in [3.8, 4) is 0 Å². The highest BCUT2D eigenvalue weighted by atomic mass is 32.1. The van der Waals surface area contributed by atoms with Crippen LogP contribution in [0.15, 0.2) is 0 Å². The highest BCUT2D eigenvalue weighted by Gasteiger charge is 2.30. The second kappa shape index (κ2) is 9.37. The molecule has 1 aromatic heterocycles. The topological polar surface area (TPSA) is 61.9 Å². The van der Waals surface area contributed by atoms with Gasteiger partial charge in [-0.05, 0) is 64.6 Å².